The van der Waals surface area contributed by atoms with Crippen molar-refractivity contribution in [1.82, 2.24) is 20.4 Å². The third kappa shape index (κ3) is 4.63. The minimum atomic E-state index is -0.0669. The number of hydrogen-bond donors (Lipinski definition) is 2. The summed E-state index contributed by atoms with van der Waals surface area (Å²) in [5.41, 5.74) is 0.531. The van der Waals surface area contributed by atoms with Gasteiger partial charge in [-0.2, -0.15) is 5.10 Å². The maximum atomic E-state index is 11.7. The van der Waals surface area contributed by atoms with Crippen LogP contribution in [-0.2, 0) is 0 Å². The minimum absolute atomic E-state index is 0.0669. The molecule has 112 valence electrons. The number of hydrogen-bond acceptors (Lipinski definition) is 3. The maximum Gasteiger partial charge on any atom is 0.269 e. The van der Waals surface area contributed by atoms with E-state index in [9.17, 15) is 4.79 Å². The molecule has 1 aromatic heterocycles. The minimum Gasteiger partial charge on any atom is -0.351 e. The highest BCUT2D eigenvalue weighted by Crippen LogP contribution is 2.20. The first-order valence-corrected chi connectivity index (χ1v) is 7.65. The van der Waals surface area contributed by atoms with Gasteiger partial charge in [0.15, 0.2) is 0 Å². The van der Waals surface area contributed by atoms with Crippen LogP contribution in [0.1, 0.15) is 43.6 Å². The molecule has 5 nitrogen and oxygen atoms in total. The molecule has 0 saturated carbocycles. The molecule has 2 N–H and O–H groups in total. The van der Waals surface area contributed by atoms with E-state index in [-0.39, 0.29) is 5.91 Å². The van der Waals surface area contributed by atoms with E-state index in [1.165, 1.54) is 19.5 Å². The molecule has 0 unspecified atom stereocenters. The number of carbonyl (C=O) groups is 1. The molecule has 5 heteroatoms. The Morgan fingerprint density at radius 2 is 2.15 bits per heavy atom. The number of aromatic amines is 1. The van der Waals surface area contributed by atoms with Crippen LogP contribution < -0.4 is 5.32 Å². The number of unbranched alkanes of at least 4 members (excludes halogenated alkanes) is 1. The van der Waals surface area contributed by atoms with E-state index < -0.39 is 0 Å². The van der Waals surface area contributed by atoms with Crippen LogP contribution in [0, 0.1) is 11.8 Å². The number of amides is 1. The normalized spacial score (nSPS) is 23.7. The average Bonchev–Trinajstić information content (AvgIpc) is 2.90. The SMILES string of the molecule is C[C@H]1C[C@H](C)CN(CCCCNC(=O)c2ccn[nH]2)C1. The molecule has 1 amide bonds. The van der Waals surface area contributed by atoms with E-state index in [4.69, 9.17) is 0 Å². The van der Waals surface area contributed by atoms with Crippen molar-refractivity contribution in [3.63, 3.8) is 0 Å². The largest absolute Gasteiger partial charge is 0.351 e. The Bertz CT molecular complexity index is 394. The first-order valence-electron chi connectivity index (χ1n) is 7.65. The van der Waals surface area contributed by atoms with Crippen molar-refractivity contribution in [3.05, 3.63) is 18.0 Å². The summed E-state index contributed by atoms with van der Waals surface area (Å²) in [6.45, 7) is 9.02. The summed E-state index contributed by atoms with van der Waals surface area (Å²) in [4.78, 5) is 14.2. The van der Waals surface area contributed by atoms with E-state index >= 15 is 0 Å². The lowest BCUT2D eigenvalue weighted by Gasteiger charge is -2.34. The fourth-order valence-electron chi connectivity index (χ4n) is 3.11. The van der Waals surface area contributed by atoms with E-state index in [0.29, 0.717) is 5.69 Å². The van der Waals surface area contributed by atoms with Gasteiger partial charge in [0.2, 0.25) is 0 Å². The number of piperidine rings is 1. The molecule has 1 aromatic rings. The summed E-state index contributed by atoms with van der Waals surface area (Å²) in [6.07, 6.45) is 5.12. The van der Waals surface area contributed by atoms with Gasteiger partial charge in [-0.15, -0.1) is 0 Å². The van der Waals surface area contributed by atoms with Crippen molar-refractivity contribution in [2.75, 3.05) is 26.2 Å². The van der Waals surface area contributed by atoms with E-state index in [1.807, 2.05) is 0 Å². The van der Waals surface area contributed by atoms with Crippen LogP contribution in [0.5, 0.6) is 0 Å². The van der Waals surface area contributed by atoms with Gasteiger partial charge in [-0.3, -0.25) is 9.89 Å². The van der Waals surface area contributed by atoms with Crippen LogP contribution in [-0.4, -0.2) is 47.2 Å². The van der Waals surface area contributed by atoms with Gasteiger partial charge < -0.3 is 10.2 Å². The number of nitrogens with zero attached hydrogens (tertiary/aromatic N) is 2. The molecule has 0 bridgehead atoms. The van der Waals surface area contributed by atoms with E-state index in [2.05, 4.69) is 34.3 Å². The zero-order valence-electron chi connectivity index (χ0n) is 12.6. The van der Waals surface area contributed by atoms with Crippen molar-refractivity contribution in [2.24, 2.45) is 11.8 Å². The molecule has 1 saturated heterocycles. The summed E-state index contributed by atoms with van der Waals surface area (Å²) in [7, 11) is 0. The average molecular weight is 278 g/mol. The molecular weight excluding hydrogens is 252 g/mol. The fraction of sp³-hybridized carbons (Fsp3) is 0.733. The highest BCUT2D eigenvalue weighted by molar-refractivity contribution is 5.91. The predicted molar refractivity (Wildman–Crippen MR) is 79.5 cm³/mol. The summed E-state index contributed by atoms with van der Waals surface area (Å²) < 4.78 is 0. The van der Waals surface area contributed by atoms with Gasteiger partial charge in [0.05, 0.1) is 0 Å². The maximum absolute atomic E-state index is 11.7. The quantitative estimate of drug-likeness (QED) is 0.781. The zero-order valence-corrected chi connectivity index (χ0v) is 12.6. The first-order chi connectivity index (χ1) is 9.65. The third-order valence-corrected chi connectivity index (χ3v) is 3.88. The monoisotopic (exact) mass is 278 g/mol. The molecule has 2 heterocycles. The highest BCUT2D eigenvalue weighted by Gasteiger charge is 2.20. The number of likely N-dealkylation sites (tertiary alicyclic amines) is 1. The van der Waals surface area contributed by atoms with Crippen LogP contribution in [0.25, 0.3) is 0 Å². The second kappa shape index (κ2) is 7.43. The van der Waals surface area contributed by atoms with Crippen molar-refractivity contribution in [1.29, 1.82) is 0 Å². The molecule has 0 aromatic carbocycles. The molecule has 0 radical (unpaired) electrons. The lowest BCUT2D eigenvalue weighted by Crippen LogP contribution is -2.39. The van der Waals surface area contributed by atoms with Gasteiger partial charge in [-0.25, -0.2) is 0 Å². The van der Waals surface area contributed by atoms with Crippen LogP contribution in [0.2, 0.25) is 0 Å². The standard InChI is InChI=1S/C15H26N4O/c1-12-9-13(2)11-19(10-12)8-4-3-6-16-15(20)14-5-7-17-18-14/h5,7,12-13H,3-4,6,8-11H2,1-2H3,(H,16,20)(H,17,18)/t12-,13-/m0/s1. The number of rotatable bonds is 6. The van der Waals surface area contributed by atoms with Gasteiger partial charge in [-0.1, -0.05) is 13.8 Å². The molecule has 1 aliphatic rings. The Hall–Kier alpha value is -1.36. The zero-order chi connectivity index (χ0) is 14.4. The van der Waals surface area contributed by atoms with E-state index in [0.717, 1.165) is 37.8 Å². The van der Waals surface area contributed by atoms with Gasteiger partial charge in [-0.05, 0) is 43.7 Å². The molecule has 2 rings (SSSR count). The van der Waals surface area contributed by atoms with Crippen molar-refractivity contribution in [3.8, 4) is 0 Å². The number of aromatic nitrogens is 2. The van der Waals surface area contributed by atoms with Crippen LogP contribution in [0.4, 0.5) is 0 Å². The number of carbonyl (C=O) groups excluding carboxylic acids is 1. The lowest BCUT2D eigenvalue weighted by molar-refractivity contribution is 0.0946. The van der Waals surface area contributed by atoms with E-state index in [1.54, 1.807) is 12.3 Å². The summed E-state index contributed by atoms with van der Waals surface area (Å²) in [5.74, 6) is 1.57. The number of nitrogens with one attached hydrogen (secondary N) is 2. The summed E-state index contributed by atoms with van der Waals surface area (Å²) in [5, 5.41) is 9.35. The van der Waals surface area contributed by atoms with Gasteiger partial charge >= 0.3 is 0 Å². The highest BCUT2D eigenvalue weighted by atomic mass is 16.1. The van der Waals surface area contributed by atoms with Gasteiger partial charge in [0, 0.05) is 25.8 Å². The Kier molecular flexibility index (Phi) is 5.59. The predicted octanol–water partition coefficient (Wildman–Crippen LogP) is 1.90. The molecule has 1 fully saturated rings. The van der Waals surface area contributed by atoms with Gasteiger partial charge in [0.25, 0.3) is 5.91 Å². The molecule has 0 aliphatic carbocycles. The molecule has 2 atom stereocenters. The lowest BCUT2D eigenvalue weighted by atomic mass is 9.92. The topological polar surface area (TPSA) is 61.0 Å². The molecule has 1 aliphatic heterocycles. The Labute approximate surface area is 121 Å². The smallest absolute Gasteiger partial charge is 0.269 e. The van der Waals surface area contributed by atoms with Crippen molar-refractivity contribution < 1.29 is 4.79 Å². The number of H-pyrrole nitrogens is 1. The molecular formula is C15H26N4O. The second-order valence-electron chi connectivity index (χ2n) is 6.14. The Balaban J connectivity index is 1.56. The van der Waals surface area contributed by atoms with Crippen LogP contribution >= 0.6 is 0 Å². The fourth-order valence-corrected chi connectivity index (χ4v) is 3.11. The summed E-state index contributed by atoms with van der Waals surface area (Å²) >= 11 is 0. The third-order valence-electron chi connectivity index (χ3n) is 3.88. The van der Waals surface area contributed by atoms with Gasteiger partial charge in [0.1, 0.15) is 5.69 Å². The molecule has 20 heavy (non-hydrogen) atoms. The Morgan fingerprint density at radius 1 is 1.40 bits per heavy atom. The van der Waals surface area contributed by atoms with Crippen LogP contribution in [0.3, 0.4) is 0 Å². The first kappa shape index (κ1) is 15.0. The van der Waals surface area contributed by atoms with Crippen LogP contribution in [0.15, 0.2) is 12.3 Å². The summed E-state index contributed by atoms with van der Waals surface area (Å²) in [6, 6.07) is 1.69. The van der Waals surface area contributed by atoms with Crippen molar-refractivity contribution >= 4 is 5.91 Å². The second-order valence-corrected chi connectivity index (χ2v) is 6.14. The molecule has 0 spiro atoms. The Morgan fingerprint density at radius 3 is 2.80 bits per heavy atom. The van der Waals surface area contributed by atoms with Crippen molar-refractivity contribution in [2.45, 2.75) is 33.1 Å².